The van der Waals surface area contributed by atoms with E-state index in [4.69, 9.17) is 19.5 Å². The Labute approximate surface area is 333 Å². The van der Waals surface area contributed by atoms with Crippen LogP contribution in [0.4, 0.5) is 0 Å². The normalized spacial score (nSPS) is 16.8. The second kappa shape index (κ2) is 11.8. The summed E-state index contributed by atoms with van der Waals surface area (Å²) >= 11 is 0. The van der Waals surface area contributed by atoms with E-state index in [1.807, 2.05) is 48.5 Å². The van der Waals surface area contributed by atoms with Crippen LogP contribution in [0.25, 0.3) is 110 Å². The first-order valence-corrected chi connectivity index (χ1v) is 16.7. The molecule has 0 aliphatic rings. The number of furan rings is 1. The van der Waals surface area contributed by atoms with Crippen molar-refractivity contribution in [2.24, 2.45) is 0 Å². The maximum Gasteiger partial charge on any atom is 0.143 e. The Morgan fingerprint density at radius 3 is 1.66 bits per heavy atom. The first-order chi connectivity index (χ1) is 34.2. The molecule has 0 spiro atoms. The fourth-order valence-corrected chi connectivity index (χ4v) is 7.37. The number of benzene rings is 10. The van der Waals surface area contributed by atoms with Gasteiger partial charge in [0.2, 0.25) is 0 Å². The molecule has 0 fully saturated rings. The van der Waals surface area contributed by atoms with E-state index in [0.29, 0.717) is 16.4 Å². The molecule has 11 aromatic rings. The average molecular weight is 692 g/mol. The van der Waals surface area contributed by atoms with Gasteiger partial charge < -0.3 is 4.42 Å². The van der Waals surface area contributed by atoms with E-state index < -0.39 is 164 Å². The zero-order chi connectivity index (χ0) is 51.4. The third-order valence-corrected chi connectivity index (χ3v) is 9.72. The van der Waals surface area contributed by atoms with Crippen LogP contribution in [0.2, 0.25) is 0 Å². The molecule has 0 aliphatic carbocycles. The van der Waals surface area contributed by atoms with Crippen LogP contribution in [0.15, 0.2) is 198 Å². The highest BCUT2D eigenvalue weighted by Gasteiger charge is 2.20. The zero-order valence-corrected chi connectivity index (χ0v) is 27.4. The van der Waals surface area contributed by atoms with Crippen molar-refractivity contribution in [3.05, 3.63) is 194 Å². The first kappa shape index (κ1) is 16.6. The molecule has 10 aromatic carbocycles. The molecule has 0 amide bonds. The van der Waals surface area contributed by atoms with Gasteiger partial charge in [-0.05, 0) is 100 Å². The number of hydrogen-bond donors (Lipinski definition) is 0. The maximum atomic E-state index is 9.96. The van der Waals surface area contributed by atoms with E-state index >= 15 is 0 Å². The monoisotopic (exact) mass is 691 g/mol. The molecule has 1 heteroatoms. The number of fused-ring (bicyclic) bond motifs is 7. The zero-order valence-electron chi connectivity index (χ0n) is 46.4. The second-order valence-electron chi connectivity index (χ2n) is 12.6. The Morgan fingerprint density at radius 2 is 0.925 bits per heavy atom. The summed E-state index contributed by atoms with van der Waals surface area (Å²) in [6.45, 7) is 0. The van der Waals surface area contributed by atoms with Crippen LogP contribution in [0.3, 0.4) is 0 Å². The van der Waals surface area contributed by atoms with Gasteiger partial charge in [-0.3, -0.25) is 0 Å². The Hall–Kier alpha value is -6.96. The van der Waals surface area contributed by atoms with E-state index in [-0.39, 0.29) is 22.1 Å². The highest BCUT2D eigenvalue weighted by molar-refractivity contribution is 6.24. The molecular formula is C52H32O. The molecular weight excluding hydrogens is 641 g/mol. The van der Waals surface area contributed by atoms with Crippen molar-refractivity contribution in [3.63, 3.8) is 0 Å². The van der Waals surface area contributed by atoms with E-state index in [1.165, 1.54) is 0 Å². The Morgan fingerprint density at radius 1 is 0.340 bits per heavy atom. The lowest BCUT2D eigenvalue weighted by atomic mass is 9.84. The van der Waals surface area contributed by atoms with Crippen LogP contribution in [0.5, 0.6) is 0 Å². The molecule has 1 heterocycles. The SMILES string of the molecule is [2H]c1c([2H])c([2H])c(-c2c3c([2H])c([2H])c([2H])c([2H])c3c(-c3c([2H])c([2H])c(-c4cccc5c4oc4ccc(-c6ccc7ccccc7c6)cc45)c4c([2H])c([2H])c([2H])c([2H])c34)c3c([2H])c([2H])c([2H])c([2H])c23)c([2H])c1[2H]. The van der Waals surface area contributed by atoms with Gasteiger partial charge in [0.25, 0.3) is 0 Å². The average Bonchev–Trinajstić information content (AvgIpc) is 3.76. The lowest BCUT2D eigenvalue weighted by Gasteiger charge is -2.19. The molecule has 0 aliphatic heterocycles. The van der Waals surface area contributed by atoms with Crippen molar-refractivity contribution >= 4 is 65.0 Å². The standard InChI is InChI=1S/C52H32O/c1-2-14-34(15-3-1)50-41-19-8-10-21-43(41)51(44-22-11-9-20-42(44)50)45-29-28-40(38-17-6-7-18-39(38)45)46-23-12-24-47-48-32-37(27-30-49(48)53-52(46)47)36-26-25-33-13-4-5-16-35(33)31-36/h1-32H/i1D,2D,3D,6D,7D,8D,9D,10D,11D,14D,15D,17D,18D,19D,20D,21D,22D,28D,29D. The maximum absolute atomic E-state index is 9.96. The van der Waals surface area contributed by atoms with Gasteiger partial charge in [-0.2, -0.15) is 0 Å². The van der Waals surface area contributed by atoms with E-state index in [0.717, 1.165) is 21.9 Å². The van der Waals surface area contributed by atoms with Gasteiger partial charge >= 0.3 is 0 Å². The molecule has 0 bridgehead atoms. The van der Waals surface area contributed by atoms with Gasteiger partial charge in [-0.1, -0.05) is 175 Å². The minimum Gasteiger partial charge on any atom is -0.455 e. The van der Waals surface area contributed by atoms with Gasteiger partial charge in [0, 0.05) is 16.3 Å². The van der Waals surface area contributed by atoms with Crippen molar-refractivity contribution in [2.45, 2.75) is 0 Å². The minimum atomic E-state index is -0.873. The van der Waals surface area contributed by atoms with Crippen LogP contribution in [0, 0.1) is 0 Å². The van der Waals surface area contributed by atoms with Crippen LogP contribution < -0.4 is 0 Å². The highest BCUT2D eigenvalue weighted by Crippen LogP contribution is 2.47. The van der Waals surface area contributed by atoms with Crippen LogP contribution >= 0.6 is 0 Å². The van der Waals surface area contributed by atoms with Gasteiger partial charge in [0.05, 0.1) is 26.0 Å². The molecule has 0 saturated carbocycles. The first-order valence-electron chi connectivity index (χ1n) is 26.2. The topological polar surface area (TPSA) is 13.1 Å². The lowest BCUT2D eigenvalue weighted by molar-refractivity contribution is 0.670. The summed E-state index contributed by atoms with van der Waals surface area (Å²) in [6.07, 6.45) is 0. The summed E-state index contributed by atoms with van der Waals surface area (Å²) in [5.41, 5.74) is 0.122. The molecule has 11 rings (SSSR count). The predicted molar refractivity (Wildman–Crippen MR) is 225 cm³/mol. The van der Waals surface area contributed by atoms with Gasteiger partial charge in [-0.15, -0.1) is 0 Å². The number of rotatable bonds is 4. The highest BCUT2D eigenvalue weighted by atomic mass is 16.3. The van der Waals surface area contributed by atoms with Crippen molar-refractivity contribution in [1.82, 2.24) is 0 Å². The van der Waals surface area contributed by atoms with Crippen LogP contribution in [0.1, 0.15) is 26.0 Å². The molecule has 0 radical (unpaired) electrons. The minimum absolute atomic E-state index is 0.158. The Kier molecular flexibility index (Phi) is 3.69. The number of para-hydroxylation sites is 1. The van der Waals surface area contributed by atoms with Crippen molar-refractivity contribution in [1.29, 1.82) is 0 Å². The largest absolute Gasteiger partial charge is 0.455 e. The van der Waals surface area contributed by atoms with Crippen molar-refractivity contribution in [3.8, 4) is 44.5 Å². The number of hydrogen-bond acceptors (Lipinski definition) is 1. The van der Waals surface area contributed by atoms with Crippen LogP contribution in [-0.2, 0) is 0 Å². The summed E-state index contributed by atoms with van der Waals surface area (Å²) in [4.78, 5) is 0. The molecule has 1 nitrogen and oxygen atoms in total. The van der Waals surface area contributed by atoms with Crippen molar-refractivity contribution in [2.75, 3.05) is 0 Å². The lowest BCUT2D eigenvalue weighted by Crippen LogP contribution is -1.92. The molecule has 0 atom stereocenters. The van der Waals surface area contributed by atoms with Gasteiger partial charge in [0.15, 0.2) is 0 Å². The Balaban J connectivity index is 1.33. The van der Waals surface area contributed by atoms with E-state index in [9.17, 15) is 11.0 Å². The summed E-state index contributed by atoms with van der Waals surface area (Å²) in [5.74, 6) is 0. The molecule has 0 saturated heterocycles. The van der Waals surface area contributed by atoms with Crippen molar-refractivity contribution < 1.29 is 30.5 Å². The molecule has 246 valence electrons. The quantitative estimate of drug-likeness (QED) is 0.167. The predicted octanol–water partition coefficient (Wildman–Crippen LogP) is 14.9. The van der Waals surface area contributed by atoms with E-state index in [2.05, 4.69) is 6.07 Å². The van der Waals surface area contributed by atoms with Crippen LogP contribution in [-0.4, -0.2) is 0 Å². The third-order valence-electron chi connectivity index (χ3n) is 9.72. The van der Waals surface area contributed by atoms with Gasteiger partial charge in [-0.25, -0.2) is 0 Å². The van der Waals surface area contributed by atoms with E-state index in [1.54, 1.807) is 24.3 Å². The smallest absolute Gasteiger partial charge is 0.143 e. The molecule has 0 N–H and O–H groups in total. The van der Waals surface area contributed by atoms with Gasteiger partial charge in [0.1, 0.15) is 11.2 Å². The fraction of sp³-hybridized carbons (Fsp3) is 0. The fourth-order valence-electron chi connectivity index (χ4n) is 7.37. The summed E-state index contributed by atoms with van der Waals surface area (Å²) < 4.78 is 180. The molecule has 53 heavy (non-hydrogen) atoms. The summed E-state index contributed by atoms with van der Waals surface area (Å²) in [5, 5.41) is 0.290. The third kappa shape index (κ3) is 4.64. The second-order valence-corrected chi connectivity index (χ2v) is 12.6. The summed E-state index contributed by atoms with van der Waals surface area (Å²) in [7, 11) is 0. The molecule has 0 unspecified atom stereocenters. The summed E-state index contributed by atoms with van der Waals surface area (Å²) in [6, 6.07) is 9.20. The Bertz CT molecular complexity index is 4220. The molecule has 1 aromatic heterocycles.